The van der Waals surface area contributed by atoms with Gasteiger partial charge in [-0.2, -0.15) is 0 Å². The van der Waals surface area contributed by atoms with E-state index in [9.17, 15) is 4.79 Å². The summed E-state index contributed by atoms with van der Waals surface area (Å²) in [6.07, 6.45) is 0.578. The highest BCUT2D eigenvalue weighted by atomic mass is 79.9. The molecule has 1 aromatic rings. The van der Waals surface area contributed by atoms with Crippen molar-refractivity contribution in [1.29, 1.82) is 0 Å². The van der Waals surface area contributed by atoms with Gasteiger partial charge in [-0.3, -0.25) is 4.79 Å². The zero-order valence-electron chi connectivity index (χ0n) is 10.9. The number of benzene rings is 1. The number of likely N-dealkylation sites (N-methyl/N-ethyl adjacent to an activating group) is 1. The number of nitrogens with zero attached hydrogens (tertiary/aromatic N) is 1. The number of halogens is 1. The Labute approximate surface area is 119 Å². The van der Waals surface area contributed by atoms with E-state index in [1.54, 1.807) is 0 Å². The summed E-state index contributed by atoms with van der Waals surface area (Å²) in [7, 11) is 3.94. The van der Waals surface area contributed by atoms with Crippen molar-refractivity contribution in [2.45, 2.75) is 12.5 Å². The van der Waals surface area contributed by atoms with E-state index >= 15 is 0 Å². The molecule has 102 valence electrons. The first-order valence-electron chi connectivity index (χ1n) is 5.81. The number of hydrogen-bond donors (Lipinski definition) is 2. The summed E-state index contributed by atoms with van der Waals surface area (Å²) in [6, 6.07) is 9.34. The Hall–Kier alpha value is -0.910. The van der Waals surface area contributed by atoms with Crippen molar-refractivity contribution in [3.63, 3.8) is 0 Å². The van der Waals surface area contributed by atoms with Gasteiger partial charge in [0.05, 0.1) is 6.04 Å². The van der Waals surface area contributed by atoms with Gasteiger partial charge in [0.2, 0.25) is 5.91 Å². The molecule has 0 aliphatic heterocycles. The minimum Gasteiger partial charge on any atom is -0.353 e. The predicted molar refractivity (Wildman–Crippen MR) is 80.0 cm³/mol. The summed E-state index contributed by atoms with van der Waals surface area (Å²) in [6.45, 7) is 1.46. The fourth-order valence-electron chi connectivity index (χ4n) is 1.49. The van der Waals surface area contributed by atoms with Crippen LogP contribution in [0.4, 0.5) is 0 Å². The van der Waals surface area contributed by atoms with Crippen LogP contribution in [0.5, 0.6) is 0 Å². The Morgan fingerprint density at radius 1 is 1.33 bits per heavy atom. The van der Waals surface area contributed by atoms with Crippen LogP contribution < -0.4 is 11.1 Å². The number of carbonyl (C=O) groups is 1. The predicted octanol–water partition coefficient (Wildman–Crippen LogP) is 0.812. The van der Waals surface area contributed by atoms with E-state index < -0.39 is 6.04 Å². The lowest BCUT2D eigenvalue weighted by Gasteiger charge is -2.14. The lowest BCUT2D eigenvalue weighted by molar-refractivity contribution is -0.122. The molecule has 1 atom stereocenters. The second-order valence-corrected chi connectivity index (χ2v) is 4.39. The minimum absolute atomic E-state index is 0. The second-order valence-electron chi connectivity index (χ2n) is 4.39. The van der Waals surface area contributed by atoms with Crippen molar-refractivity contribution < 1.29 is 4.79 Å². The smallest absolute Gasteiger partial charge is 0.237 e. The molecule has 5 heteroatoms. The van der Waals surface area contributed by atoms with E-state index in [1.807, 2.05) is 49.3 Å². The van der Waals surface area contributed by atoms with Crippen LogP contribution in [0.2, 0.25) is 0 Å². The van der Waals surface area contributed by atoms with Gasteiger partial charge in [-0.05, 0) is 26.1 Å². The van der Waals surface area contributed by atoms with Crippen LogP contribution in [0, 0.1) is 0 Å². The van der Waals surface area contributed by atoms with E-state index in [1.165, 1.54) is 0 Å². The molecule has 1 amide bonds. The van der Waals surface area contributed by atoms with Gasteiger partial charge >= 0.3 is 0 Å². The summed E-state index contributed by atoms with van der Waals surface area (Å²) < 4.78 is 0. The third kappa shape index (κ3) is 6.74. The monoisotopic (exact) mass is 315 g/mol. The lowest BCUT2D eigenvalue weighted by atomic mass is 10.1. The van der Waals surface area contributed by atoms with Crippen LogP contribution in [-0.4, -0.2) is 44.0 Å². The first kappa shape index (κ1) is 17.1. The third-order valence-electron chi connectivity index (χ3n) is 2.49. The molecule has 0 saturated heterocycles. The SMILES string of the molecule is Br.CN(C)CCNC(=O)C(N)Cc1ccccc1. The molecule has 0 radical (unpaired) electrons. The average molecular weight is 316 g/mol. The highest BCUT2D eigenvalue weighted by Crippen LogP contribution is 2.01. The van der Waals surface area contributed by atoms with Crippen molar-refractivity contribution in [3.8, 4) is 0 Å². The van der Waals surface area contributed by atoms with Crippen LogP contribution in [0.1, 0.15) is 5.56 Å². The normalized spacial score (nSPS) is 11.8. The van der Waals surface area contributed by atoms with Gasteiger partial charge in [-0.25, -0.2) is 0 Å². The number of hydrogen-bond acceptors (Lipinski definition) is 3. The maximum absolute atomic E-state index is 11.7. The van der Waals surface area contributed by atoms with Gasteiger partial charge in [0.25, 0.3) is 0 Å². The third-order valence-corrected chi connectivity index (χ3v) is 2.49. The van der Waals surface area contributed by atoms with Crippen LogP contribution in [0.25, 0.3) is 0 Å². The number of nitrogens with one attached hydrogen (secondary N) is 1. The van der Waals surface area contributed by atoms with Crippen LogP contribution >= 0.6 is 17.0 Å². The fraction of sp³-hybridized carbons (Fsp3) is 0.462. The minimum atomic E-state index is -0.473. The highest BCUT2D eigenvalue weighted by Gasteiger charge is 2.13. The maximum atomic E-state index is 11.7. The van der Waals surface area contributed by atoms with Crippen molar-refractivity contribution >= 4 is 22.9 Å². The van der Waals surface area contributed by atoms with Gasteiger partial charge < -0.3 is 16.0 Å². The Morgan fingerprint density at radius 3 is 2.50 bits per heavy atom. The topological polar surface area (TPSA) is 58.4 Å². The van der Waals surface area contributed by atoms with Crippen molar-refractivity contribution in [1.82, 2.24) is 10.2 Å². The van der Waals surface area contributed by atoms with Crippen molar-refractivity contribution in [2.24, 2.45) is 5.73 Å². The molecule has 0 fully saturated rings. The number of nitrogens with two attached hydrogens (primary N) is 1. The Morgan fingerprint density at radius 2 is 1.94 bits per heavy atom. The number of carbonyl (C=O) groups excluding carboxylic acids is 1. The molecule has 1 aromatic carbocycles. The molecule has 0 spiro atoms. The summed E-state index contributed by atoms with van der Waals surface area (Å²) >= 11 is 0. The van der Waals surface area contributed by atoms with Gasteiger partial charge in [0.1, 0.15) is 0 Å². The van der Waals surface area contributed by atoms with Crippen molar-refractivity contribution in [3.05, 3.63) is 35.9 Å². The van der Waals surface area contributed by atoms with E-state index in [2.05, 4.69) is 5.32 Å². The van der Waals surface area contributed by atoms with Gasteiger partial charge in [-0.1, -0.05) is 30.3 Å². The number of amides is 1. The van der Waals surface area contributed by atoms with Gasteiger partial charge in [-0.15, -0.1) is 17.0 Å². The molecule has 0 heterocycles. The molecular weight excluding hydrogens is 294 g/mol. The molecular formula is C13H22BrN3O. The summed E-state index contributed by atoms with van der Waals surface area (Å²) in [5, 5.41) is 2.83. The van der Waals surface area contributed by atoms with E-state index in [-0.39, 0.29) is 22.9 Å². The van der Waals surface area contributed by atoms with E-state index in [4.69, 9.17) is 5.73 Å². The standard InChI is InChI=1S/C13H21N3O.BrH/c1-16(2)9-8-15-13(17)12(14)10-11-6-4-3-5-7-11;/h3-7,12H,8-10,14H2,1-2H3,(H,15,17);1H. The Kier molecular flexibility index (Phi) is 8.62. The molecule has 0 bridgehead atoms. The molecule has 0 saturated carbocycles. The molecule has 0 aromatic heterocycles. The zero-order chi connectivity index (χ0) is 12.7. The first-order valence-corrected chi connectivity index (χ1v) is 5.81. The summed E-state index contributed by atoms with van der Waals surface area (Å²) in [4.78, 5) is 13.7. The second kappa shape index (κ2) is 9.08. The number of rotatable bonds is 6. The molecule has 0 aliphatic rings. The maximum Gasteiger partial charge on any atom is 0.237 e. The Balaban J connectivity index is 0.00000289. The lowest BCUT2D eigenvalue weighted by Crippen LogP contribution is -2.44. The van der Waals surface area contributed by atoms with Crippen molar-refractivity contribution in [2.75, 3.05) is 27.2 Å². The first-order chi connectivity index (χ1) is 8.09. The molecule has 1 rings (SSSR count). The highest BCUT2D eigenvalue weighted by molar-refractivity contribution is 8.93. The average Bonchev–Trinajstić information content (AvgIpc) is 2.29. The molecule has 1 unspecified atom stereocenters. The molecule has 18 heavy (non-hydrogen) atoms. The van der Waals surface area contributed by atoms with E-state index in [0.717, 1.165) is 12.1 Å². The van der Waals surface area contributed by atoms with Crippen LogP contribution in [-0.2, 0) is 11.2 Å². The van der Waals surface area contributed by atoms with Gasteiger partial charge in [0, 0.05) is 13.1 Å². The summed E-state index contributed by atoms with van der Waals surface area (Å²) in [5.74, 6) is -0.0873. The van der Waals surface area contributed by atoms with Gasteiger partial charge in [0.15, 0.2) is 0 Å². The van der Waals surface area contributed by atoms with Crippen LogP contribution in [0.15, 0.2) is 30.3 Å². The fourth-order valence-corrected chi connectivity index (χ4v) is 1.49. The quantitative estimate of drug-likeness (QED) is 0.817. The van der Waals surface area contributed by atoms with E-state index in [0.29, 0.717) is 13.0 Å². The largest absolute Gasteiger partial charge is 0.353 e. The molecule has 3 N–H and O–H groups in total. The zero-order valence-corrected chi connectivity index (χ0v) is 12.6. The van der Waals surface area contributed by atoms with Crippen LogP contribution in [0.3, 0.4) is 0 Å². The summed E-state index contributed by atoms with van der Waals surface area (Å²) in [5.41, 5.74) is 6.93. The Bertz CT molecular complexity index is 343. The molecule has 0 aliphatic carbocycles. The molecule has 4 nitrogen and oxygen atoms in total.